The Balaban J connectivity index is 1.90. The van der Waals surface area contributed by atoms with Crippen LogP contribution in [0.1, 0.15) is 79.1 Å². The number of benzene rings is 3. The zero-order chi connectivity index (χ0) is 30.5. The van der Waals surface area contributed by atoms with E-state index < -0.39 is 11.9 Å². The van der Waals surface area contributed by atoms with Crippen LogP contribution in [0.25, 0.3) is 32.7 Å². The maximum Gasteiger partial charge on any atom is 0.349 e. The largest absolute Gasteiger partial charge is 0.461 e. The van der Waals surface area contributed by atoms with Gasteiger partial charge in [-0.1, -0.05) is 96.4 Å². The molecule has 3 aromatic rings. The lowest BCUT2D eigenvalue weighted by atomic mass is 10.00. The Bertz CT molecular complexity index is 1480. The summed E-state index contributed by atoms with van der Waals surface area (Å²) in [4.78, 5) is 25.7. The highest BCUT2D eigenvalue weighted by molar-refractivity contribution is 6.16. The van der Waals surface area contributed by atoms with Crippen LogP contribution in [0.3, 0.4) is 0 Å². The van der Waals surface area contributed by atoms with Crippen LogP contribution < -0.4 is 10.4 Å². The second kappa shape index (κ2) is 16.4. The number of nitriles is 1. The van der Waals surface area contributed by atoms with Gasteiger partial charge in [0.05, 0.1) is 13.2 Å². The number of carbonyl (C=O) groups is 2. The van der Waals surface area contributed by atoms with E-state index in [9.17, 15) is 14.9 Å². The summed E-state index contributed by atoms with van der Waals surface area (Å²) in [5.74, 6) is 2.11. The molecular formula is C37H43NO4. The summed E-state index contributed by atoms with van der Waals surface area (Å²) in [7, 11) is 0. The maximum absolute atomic E-state index is 12.9. The molecule has 0 aromatic heterocycles. The van der Waals surface area contributed by atoms with Gasteiger partial charge in [-0.25, -0.2) is 9.59 Å². The van der Waals surface area contributed by atoms with Crippen LogP contribution in [0.4, 0.5) is 0 Å². The molecule has 0 radical (unpaired) electrons. The van der Waals surface area contributed by atoms with E-state index in [0.717, 1.165) is 72.9 Å². The first-order chi connectivity index (χ1) is 20.4. The SMILES string of the molecule is C#C/C(C(=O)OCC(CC)CCCC)=c1\ccc2cc3c/c(=C(/C#N)C(=O)OCC(CC)CCCC)ccc3cc2c1. The highest BCUT2D eigenvalue weighted by Crippen LogP contribution is 2.21. The second-order valence-electron chi connectivity index (χ2n) is 11.0. The fourth-order valence-corrected chi connectivity index (χ4v) is 5.12. The predicted octanol–water partition coefficient (Wildman–Crippen LogP) is 6.97. The molecule has 2 unspecified atom stereocenters. The van der Waals surface area contributed by atoms with Crippen LogP contribution in [0.2, 0.25) is 0 Å². The highest BCUT2D eigenvalue weighted by Gasteiger charge is 2.16. The third kappa shape index (κ3) is 8.46. The Labute approximate surface area is 250 Å². The van der Waals surface area contributed by atoms with Gasteiger partial charge < -0.3 is 9.47 Å². The minimum absolute atomic E-state index is 0.00414. The molecule has 220 valence electrons. The first-order valence-electron chi connectivity index (χ1n) is 15.3. The third-order valence-electron chi connectivity index (χ3n) is 8.02. The summed E-state index contributed by atoms with van der Waals surface area (Å²) in [6, 6.07) is 17.2. The van der Waals surface area contributed by atoms with E-state index in [1.165, 1.54) is 0 Å². The summed E-state index contributed by atoms with van der Waals surface area (Å²) in [5.41, 5.74) is 0.217. The van der Waals surface area contributed by atoms with Crippen LogP contribution in [0.15, 0.2) is 48.5 Å². The van der Waals surface area contributed by atoms with Gasteiger partial charge in [0.25, 0.3) is 0 Å². The molecule has 5 nitrogen and oxygen atoms in total. The molecule has 0 aliphatic rings. The number of unbranched alkanes of at least 4 members (excludes halogenated alkanes) is 2. The molecule has 3 aromatic carbocycles. The molecule has 3 rings (SSSR count). The van der Waals surface area contributed by atoms with Gasteiger partial charge >= 0.3 is 11.9 Å². The van der Waals surface area contributed by atoms with Gasteiger partial charge in [-0.05, 0) is 75.7 Å². The summed E-state index contributed by atoms with van der Waals surface area (Å²) in [5, 5.41) is 14.6. The first-order valence-corrected chi connectivity index (χ1v) is 15.3. The van der Waals surface area contributed by atoms with Gasteiger partial charge in [0.1, 0.15) is 17.2 Å². The molecule has 0 saturated carbocycles. The normalized spacial score (nSPS) is 14.0. The van der Waals surface area contributed by atoms with Crippen molar-refractivity contribution in [1.29, 1.82) is 5.26 Å². The molecule has 2 atom stereocenters. The van der Waals surface area contributed by atoms with Crippen molar-refractivity contribution in [3.05, 3.63) is 59.0 Å². The fourth-order valence-electron chi connectivity index (χ4n) is 5.12. The molecule has 5 heteroatoms. The molecule has 0 spiro atoms. The van der Waals surface area contributed by atoms with E-state index in [1.807, 2.05) is 48.5 Å². The predicted molar refractivity (Wildman–Crippen MR) is 170 cm³/mol. The molecule has 0 N–H and O–H groups in total. The third-order valence-corrected chi connectivity index (χ3v) is 8.02. The molecule has 0 amide bonds. The number of rotatable bonds is 14. The van der Waals surface area contributed by atoms with Gasteiger partial charge in [0.15, 0.2) is 0 Å². The Hall–Kier alpha value is -4.09. The standard InChI is InChI=1S/C37H43NO4/c1-6-11-13-26(8-3)24-41-36(39)34(10-5)30-17-15-28-20-33-22-31(18-16-29(33)19-32(28)21-30)35(23-38)37(40)42-25-27(9-4)14-12-7-2/h5,15-22,26-27H,6-9,11-14,24-25H2,1-4H3/b34-30-,35-31-. The van der Waals surface area contributed by atoms with Crippen molar-refractivity contribution in [2.75, 3.05) is 13.2 Å². The number of hydrogen-bond acceptors (Lipinski definition) is 5. The van der Waals surface area contributed by atoms with Crippen molar-refractivity contribution in [2.24, 2.45) is 11.8 Å². The number of hydrogen-bond donors (Lipinski definition) is 0. The zero-order valence-corrected chi connectivity index (χ0v) is 25.5. The number of ether oxygens (including phenoxy) is 2. The average Bonchev–Trinajstić information content (AvgIpc) is 3.01. The maximum atomic E-state index is 12.9. The van der Waals surface area contributed by atoms with E-state index in [2.05, 4.69) is 33.6 Å². The summed E-state index contributed by atoms with van der Waals surface area (Å²) in [6.45, 7) is 9.19. The minimum atomic E-state index is -0.586. The molecular weight excluding hydrogens is 522 g/mol. The monoisotopic (exact) mass is 565 g/mol. The lowest BCUT2D eigenvalue weighted by Gasteiger charge is -2.14. The van der Waals surface area contributed by atoms with Crippen LogP contribution in [0.5, 0.6) is 0 Å². The summed E-state index contributed by atoms with van der Waals surface area (Å²) >= 11 is 0. The van der Waals surface area contributed by atoms with Crippen molar-refractivity contribution in [3.8, 4) is 18.4 Å². The average molecular weight is 566 g/mol. The molecule has 0 heterocycles. The van der Waals surface area contributed by atoms with Crippen LogP contribution in [-0.2, 0) is 19.1 Å². The first kappa shape index (κ1) is 32.4. The van der Waals surface area contributed by atoms with Crippen LogP contribution >= 0.6 is 0 Å². The van der Waals surface area contributed by atoms with Crippen LogP contribution in [0, 0.1) is 35.5 Å². The van der Waals surface area contributed by atoms with Gasteiger partial charge in [-0.15, -0.1) is 6.42 Å². The zero-order valence-electron chi connectivity index (χ0n) is 25.5. The van der Waals surface area contributed by atoms with E-state index in [1.54, 1.807) is 6.07 Å². The van der Waals surface area contributed by atoms with Crippen molar-refractivity contribution < 1.29 is 19.1 Å². The molecule has 0 aliphatic carbocycles. The summed E-state index contributed by atoms with van der Waals surface area (Å²) in [6.07, 6.45) is 14.1. The molecule has 42 heavy (non-hydrogen) atoms. The number of carbonyl (C=O) groups excluding carboxylic acids is 2. The van der Waals surface area contributed by atoms with Crippen molar-refractivity contribution in [1.82, 2.24) is 0 Å². The van der Waals surface area contributed by atoms with Crippen LogP contribution in [-0.4, -0.2) is 25.2 Å². The van der Waals surface area contributed by atoms with Crippen molar-refractivity contribution in [2.45, 2.75) is 79.1 Å². The Morgan fingerprint density at radius 1 is 0.714 bits per heavy atom. The summed E-state index contributed by atoms with van der Waals surface area (Å²) < 4.78 is 11.2. The van der Waals surface area contributed by atoms with Gasteiger partial charge in [0, 0.05) is 5.22 Å². The highest BCUT2D eigenvalue weighted by atomic mass is 16.5. The topological polar surface area (TPSA) is 76.4 Å². The molecule has 0 saturated heterocycles. The Morgan fingerprint density at radius 2 is 1.17 bits per heavy atom. The number of nitrogens with zero attached hydrogens (tertiary/aromatic N) is 1. The van der Waals surface area contributed by atoms with Gasteiger partial charge in [0.2, 0.25) is 0 Å². The molecule has 0 fully saturated rings. The Kier molecular flexibility index (Phi) is 12.6. The number of terminal acetylenes is 1. The quantitative estimate of drug-likeness (QED) is 0.120. The van der Waals surface area contributed by atoms with E-state index in [-0.39, 0.29) is 11.1 Å². The smallest absolute Gasteiger partial charge is 0.349 e. The Morgan fingerprint density at radius 3 is 1.57 bits per heavy atom. The lowest BCUT2D eigenvalue weighted by molar-refractivity contribution is -0.138. The van der Waals surface area contributed by atoms with Gasteiger partial charge in [-0.3, -0.25) is 0 Å². The second-order valence-corrected chi connectivity index (χ2v) is 11.0. The minimum Gasteiger partial charge on any atom is -0.461 e. The van der Waals surface area contributed by atoms with Gasteiger partial charge in [-0.2, -0.15) is 5.26 Å². The van der Waals surface area contributed by atoms with E-state index >= 15 is 0 Å². The number of esters is 2. The number of fused-ring (bicyclic) bond motifs is 2. The van der Waals surface area contributed by atoms with E-state index in [4.69, 9.17) is 15.9 Å². The molecule has 0 aliphatic heterocycles. The lowest BCUT2D eigenvalue weighted by Crippen LogP contribution is -2.19. The van der Waals surface area contributed by atoms with Crippen molar-refractivity contribution >= 4 is 44.6 Å². The van der Waals surface area contributed by atoms with E-state index in [0.29, 0.717) is 35.5 Å². The molecule has 0 bridgehead atoms. The van der Waals surface area contributed by atoms with Crippen molar-refractivity contribution in [3.63, 3.8) is 0 Å². The fraction of sp³-hybridized carbons (Fsp3) is 0.432.